The van der Waals surface area contributed by atoms with Crippen LogP contribution in [0.15, 0.2) is 107 Å². The molecule has 4 aromatic carbocycles. The molecule has 0 aliphatic heterocycles. The molecule has 40 heavy (non-hydrogen) atoms. The number of benzene rings is 4. The lowest BCUT2D eigenvalue weighted by Gasteiger charge is -2.22. The molecule has 0 saturated heterocycles. The summed E-state index contributed by atoms with van der Waals surface area (Å²) in [5.41, 5.74) is 5.65. The highest BCUT2D eigenvalue weighted by molar-refractivity contribution is 7.89. The number of nitrogens with one attached hydrogen (secondary N) is 1. The first-order chi connectivity index (χ1) is 19.2. The Bertz CT molecular complexity index is 1600. The van der Waals surface area contributed by atoms with Crippen LogP contribution in [0, 0.1) is 6.92 Å². The number of hydrogen-bond acceptors (Lipinski definition) is 5. The average Bonchev–Trinajstić information content (AvgIpc) is 2.94. The number of carbonyl (C=O) groups excluding carboxylic acids is 1. The van der Waals surface area contributed by atoms with Crippen LogP contribution in [0.4, 0.5) is 0 Å². The lowest BCUT2D eigenvalue weighted by Crippen LogP contribution is -2.39. The molecule has 0 atom stereocenters. The predicted octanol–water partition coefficient (Wildman–Crippen LogP) is 6.22. The number of carbonyl (C=O) groups is 1. The van der Waals surface area contributed by atoms with Gasteiger partial charge in [0.05, 0.1) is 27.7 Å². The Morgan fingerprint density at radius 1 is 0.900 bits per heavy atom. The zero-order valence-corrected chi connectivity index (χ0v) is 24.0. The topological polar surface area (TPSA) is 88.1 Å². The summed E-state index contributed by atoms with van der Waals surface area (Å²) in [7, 11) is -4.02. The maximum absolute atomic E-state index is 13.5. The molecule has 206 valence electrons. The average molecular weight is 597 g/mol. The van der Waals surface area contributed by atoms with Crippen molar-refractivity contribution >= 4 is 45.3 Å². The smallest absolute Gasteiger partial charge is 0.255 e. The highest BCUT2D eigenvalue weighted by Crippen LogP contribution is 2.25. The summed E-state index contributed by atoms with van der Waals surface area (Å²) in [6.07, 6.45) is 1.46. The van der Waals surface area contributed by atoms with E-state index in [-0.39, 0.29) is 16.5 Å². The Morgan fingerprint density at radius 2 is 1.65 bits per heavy atom. The quantitative estimate of drug-likeness (QED) is 0.165. The van der Waals surface area contributed by atoms with E-state index in [2.05, 4.69) is 10.5 Å². The monoisotopic (exact) mass is 595 g/mol. The van der Waals surface area contributed by atoms with E-state index in [0.717, 1.165) is 15.4 Å². The molecule has 7 nitrogen and oxygen atoms in total. The minimum atomic E-state index is -4.02. The van der Waals surface area contributed by atoms with E-state index in [0.29, 0.717) is 28.5 Å². The van der Waals surface area contributed by atoms with Crippen molar-refractivity contribution in [2.45, 2.75) is 25.0 Å². The van der Waals surface area contributed by atoms with Crippen molar-refractivity contribution in [2.24, 2.45) is 5.10 Å². The molecule has 10 heteroatoms. The Kier molecular flexibility index (Phi) is 9.95. The largest absolute Gasteiger partial charge is 0.489 e. The van der Waals surface area contributed by atoms with Crippen LogP contribution in [0.25, 0.3) is 0 Å². The molecule has 1 amide bonds. The zero-order chi connectivity index (χ0) is 28.5. The van der Waals surface area contributed by atoms with E-state index in [9.17, 15) is 13.2 Å². The third-order valence-corrected chi connectivity index (χ3v) is 8.38. The molecule has 0 spiro atoms. The van der Waals surface area contributed by atoms with Crippen LogP contribution in [0.1, 0.15) is 22.3 Å². The second-order valence-corrected chi connectivity index (χ2v) is 11.7. The molecule has 0 fully saturated rings. The van der Waals surface area contributed by atoms with Gasteiger partial charge in [-0.25, -0.2) is 13.8 Å². The Morgan fingerprint density at radius 3 is 2.38 bits per heavy atom. The molecule has 0 aliphatic carbocycles. The molecular weight excluding hydrogens is 569 g/mol. The van der Waals surface area contributed by atoms with E-state index >= 15 is 0 Å². The fourth-order valence-electron chi connectivity index (χ4n) is 3.73. The summed E-state index contributed by atoms with van der Waals surface area (Å²) < 4.78 is 33.8. The number of amides is 1. The van der Waals surface area contributed by atoms with E-state index in [1.54, 1.807) is 36.4 Å². The van der Waals surface area contributed by atoms with E-state index in [1.807, 2.05) is 55.5 Å². The molecule has 0 radical (unpaired) electrons. The van der Waals surface area contributed by atoms with E-state index < -0.39 is 22.5 Å². The lowest BCUT2D eigenvalue weighted by atomic mass is 10.2. The summed E-state index contributed by atoms with van der Waals surface area (Å²) in [5, 5.41) is 4.65. The third kappa shape index (κ3) is 8.16. The Labute approximate surface area is 244 Å². The number of nitrogens with zero attached hydrogens (tertiary/aromatic N) is 2. The predicted molar refractivity (Wildman–Crippen MR) is 158 cm³/mol. The number of hydrazone groups is 1. The summed E-state index contributed by atoms with van der Waals surface area (Å²) in [5.74, 6) is 0.0413. The van der Waals surface area contributed by atoms with Gasteiger partial charge in [0, 0.05) is 6.54 Å². The molecule has 4 rings (SSSR count). The van der Waals surface area contributed by atoms with Crippen molar-refractivity contribution in [3.63, 3.8) is 0 Å². The van der Waals surface area contributed by atoms with Crippen LogP contribution >= 0.6 is 23.2 Å². The normalized spacial score (nSPS) is 11.6. The van der Waals surface area contributed by atoms with Gasteiger partial charge in [0.1, 0.15) is 12.4 Å². The molecule has 0 aliphatic rings. The van der Waals surface area contributed by atoms with Gasteiger partial charge >= 0.3 is 0 Å². The first-order valence-electron chi connectivity index (χ1n) is 12.3. The van der Waals surface area contributed by atoms with Crippen molar-refractivity contribution in [1.82, 2.24) is 9.73 Å². The number of halogens is 2. The van der Waals surface area contributed by atoms with Crippen LogP contribution in [0.5, 0.6) is 5.75 Å². The van der Waals surface area contributed by atoms with Crippen LogP contribution in [0.2, 0.25) is 10.0 Å². The SMILES string of the molecule is Cc1ccc(S(=O)(=O)N(CC(=O)N/N=C\c2cccc(OCc3ccccc3)c2)Cc2ccc(Cl)c(Cl)c2)cc1. The van der Waals surface area contributed by atoms with Gasteiger partial charge in [-0.3, -0.25) is 4.79 Å². The van der Waals surface area contributed by atoms with Gasteiger partial charge in [0.15, 0.2) is 0 Å². The number of aryl methyl sites for hydroxylation is 1. The van der Waals surface area contributed by atoms with Gasteiger partial charge in [0.2, 0.25) is 10.0 Å². The molecule has 1 N–H and O–H groups in total. The maximum atomic E-state index is 13.5. The van der Waals surface area contributed by atoms with Gasteiger partial charge in [0.25, 0.3) is 5.91 Å². The minimum absolute atomic E-state index is 0.0711. The zero-order valence-electron chi connectivity index (χ0n) is 21.6. The molecule has 4 aromatic rings. The fraction of sp³-hybridized carbons (Fsp3) is 0.133. The summed E-state index contributed by atoms with van der Waals surface area (Å²) in [4.78, 5) is 12.9. The maximum Gasteiger partial charge on any atom is 0.255 e. The van der Waals surface area contributed by atoms with Gasteiger partial charge in [-0.2, -0.15) is 9.41 Å². The summed E-state index contributed by atoms with van der Waals surface area (Å²) in [6, 6.07) is 28.3. The van der Waals surface area contributed by atoms with Gasteiger partial charge in [-0.05, 0) is 60.0 Å². The number of hydrogen-bond donors (Lipinski definition) is 1. The second kappa shape index (κ2) is 13.6. The molecule has 0 unspecified atom stereocenters. The number of rotatable bonds is 11. The molecular formula is C30H27Cl2N3O4S. The van der Waals surface area contributed by atoms with Gasteiger partial charge in [-0.15, -0.1) is 0 Å². The molecule has 0 saturated carbocycles. The Hall–Kier alpha value is -3.69. The van der Waals surface area contributed by atoms with Crippen LogP contribution in [-0.4, -0.2) is 31.4 Å². The fourth-order valence-corrected chi connectivity index (χ4v) is 5.43. The standard InChI is InChI=1S/C30H27Cl2N3O4S/c1-22-10-13-27(14-11-22)40(37,38)35(19-25-12-15-28(31)29(32)17-25)20-30(36)34-33-18-24-8-5-9-26(16-24)39-21-23-6-3-2-4-7-23/h2-18H,19-21H2,1H3,(H,34,36)/b33-18-. The van der Waals surface area contributed by atoms with Gasteiger partial charge < -0.3 is 4.74 Å². The van der Waals surface area contributed by atoms with Crippen molar-refractivity contribution in [3.05, 3.63) is 129 Å². The second-order valence-electron chi connectivity index (χ2n) is 8.97. The van der Waals surface area contributed by atoms with Crippen LogP contribution in [-0.2, 0) is 28.0 Å². The summed E-state index contributed by atoms with van der Waals surface area (Å²) >= 11 is 12.1. The first-order valence-corrected chi connectivity index (χ1v) is 14.5. The number of ether oxygens (including phenoxy) is 1. The Balaban J connectivity index is 1.44. The van der Waals surface area contributed by atoms with Crippen LogP contribution < -0.4 is 10.2 Å². The third-order valence-electron chi connectivity index (χ3n) is 5.83. The minimum Gasteiger partial charge on any atom is -0.489 e. The van der Waals surface area contributed by atoms with E-state index in [1.165, 1.54) is 18.3 Å². The van der Waals surface area contributed by atoms with Gasteiger partial charge in [-0.1, -0.05) is 89.4 Å². The lowest BCUT2D eigenvalue weighted by molar-refractivity contribution is -0.121. The van der Waals surface area contributed by atoms with E-state index in [4.69, 9.17) is 27.9 Å². The van der Waals surface area contributed by atoms with Crippen LogP contribution in [0.3, 0.4) is 0 Å². The van der Waals surface area contributed by atoms with Crippen molar-refractivity contribution < 1.29 is 17.9 Å². The molecule has 0 heterocycles. The van der Waals surface area contributed by atoms with Crippen molar-refractivity contribution in [3.8, 4) is 5.75 Å². The van der Waals surface area contributed by atoms with Crippen molar-refractivity contribution in [2.75, 3.05) is 6.54 Å². The first kappa shape index (κ1) is 29.3. The molecule has 0 bridgehead atoms. The highest BCUT2D eigenvalue weighted by Gasteiger charge is 2.27. The molecule has 0 aromatic heterocycles. The summed E-state index contributed by atoms with van der Waals surface area (Å²) in [6.45, 7) is 1.72. The number of sulfonamides is 1. The highest BCUT2D eigenvalue weighted by atomic mass is 35.5. The van der Waals surface area contributed by atoms with Crippen molar-refractivity contribution in [1.29, 1.82) is 0 Å².